The number of rotatable bonds is 3. The number of aliphatic hydroxyl groups excluding tert-OH is 1. The molecule has 0 bridgehead atoms. The maximum atomic E-state index is 13.2. The van der Waals surface area contributed by atoms with Crippen LogP contribution in [-0.2, 0) is 0 Å². The van der Waals surface area contributed by atoms with E-state index >= 15 is 0 Å². The second kappa shape index (κ2) is 6.86. The Morgan fingerprint density at radius 3 is 2.62 bits per heavy atom. The van der Waals surface area contributed by atoms with E-state index in [2.05, 4.69) is 0 Å². The minimum Gasteiger partial charge on any atom is -0.487 e. The fourth-order valence-electron chi connectivity index (χ4n) is 2.74. The highest BCUT2D eigenvalue weighted by Crippen LogP contribution is 2.24. The molecule has 1 N–H and O–H groups in total. The Balaban J connectivity index is 1.65. The molecule has 0 unspecified atom stereocenters. The summed E-state index contributed by atoms with van der Waals surface area (Å²) < 4.78 is 31.9. The largest absolute Gasteiger partial charge is 0.487 e. The van der Waals surface area contributed by atoms with Gasteiger partial charge >= 0.3 is 0 Å². The number of halogens is 2. The third kappa shape index (κ3) is 3.57. The molecule has 0 saturated carbocycles. The Morgan fingerprint density at radius 1 is 1.33 bits per heavy atom. The van der Waals surface area contributed by atoms with Crippen molar-refractivity contribution >= 4 is 17.2 Å². The number of hydrogen-bond acceptors (Lipinski definition) is 4. The number of nitrogens with zero attached hydrogens (tertiary/aromatic N) is 1. The predicted molar refractivity (Wildman–Crippen MR) is 86.4 cm³/mol. The molecular formula is C17H17F2NO3S. The van der Waals surface area contributed by atoms with Crippen molar-refractivity contribution in [2.24, 2.45) is 0 Å². The van der Waals surface area contributed by atoms with E-state index in [4.69, 9.17) is 4.74 Å². The fraction of sp³-hybridized carbons (Fsp3) is 0.353. The number of piperidine rings is 1. The van der Waals surface area contributed by atoms with Gasteiger partial charge in [-0.05, 0) is 23.9 Å². The first-order chi connectivity index (χ1) is 11.4. The summed E-state index contributed by atoms with van der Waals surface area (Å²) in [6.07, 6.45) is -1.15. The Labute approximate surface area is 142 Å². The lowest BCUT2D eigenvalue weighted by atomic mass is 10.0. The number of aliphatic hydroxyl groups is 1. The first kappa shape index (κ1) is 16.9. The molecule has 1 fully saturated rings. The average molecular weight is 353 g/mol. The van der Waals surface area contributed by atoms with Gasteiger partial charge < -0.3 is 14.7 Å². The molecule has 24 heavy (non-hydrogen) atoms. The van der Waals surface area contributed by atoms with E-state index in [-0.39, 0.29) is 18.2 Å². The standard InChI is InChI=1S/C17H17F2NO3S/c1-10-3-5-24-16(10)17(22)20-4-2-15(14(21)9-20)23-13-7-11(18)6-12(19)8-13/h3,5-8,14-15,21H,2,4,9H2,1H3/t14-,15-/m1/s1. The van der Waals surface area contributed by atoms with Crippen LogP contribution in [0.3, 0.4) is 0 Å². The number of hydrogen-bond donors (Lipinski definition) is 1. The van der Waals surface area contributed by atoms with Crippen LogP contribution in [0.1, 0.15) is 21.7 Å². The summed E-state index contributed by atoms with van der Waals surface area (Å²) in [7, 11) is 0. The molecule has 0 spiro atoms. The molecule has 1 aliphatic heterocycles. The van der Waals surface area contributed by atoms with Gasteiger partial charge in [0.25, 0.3) is 5.91 Å². The molecule has 1 amide bonds. The first-order valence-electron chi connectivity index (χ1n) is 7.58. The van der Waals surface area contributed by atoms with Gasteiger partial charge in [-0.1, -0.05) is 0 Å². The van der Waals surface area contributed by atoms with Gasteiger partial charge in [0.1, 0.15) is 29.6 Å². The smallest absolute Gasteiger partial charge is 0.264 e. The van der Waals surface area contributed by atoms with Gasteiger partial charge in [-0.25, -0.2) is 8.78 Å². The zero-order chi connectivity index (χ0) is 17.3. The summed E-state index contributed by atoms with van der Waals surface area (Å²) >= 11 is 1.37. The van der Waals surface area contributed by atoms with Crippen LogP contribution in [0.25, 0.3) is 0 Å². The summed E-state index contributed by atoms with van der Waals surface area (Å²) in [6, 6.07) is 4.78. The van der Waals surface area contributed by atoms with E-state index in [1.54, 1.807) is 4.90 Å². The monoisotopic (exact) mass is 353 g/mol. The Hall–Kier alpha value is -1.99. The topological polar surface area (TPSA) is 49.8 Å². The van der Waals surface area contributed by atoms with Crippen molar-refractivity contribution in [2.75, 3.05) is 13.1 Å². The Bertz CT molecular complexity index is 729. The number of thiophene rings is 1. The minimum atomic E-state index is -0.922. The number of β-amino-alcohol motifs (C(OH)–C–C–N with tert-alkyl or cyclic N) is 1. The van der Waals surface area contributed by atoms with Gasteiger partial charge in [0.15, 0.2) is 0 Å². The molecule has 0 aliphatic carbocycles. The second-order valence-electron chi connectivity index (χ2n) is 5.80. The van der Waals surface area contributed by atoms with Crippen LogP contribution in [0.5, 0.6) is 5.75 Å². The molecule has 0 radical (unpaired) electrons. The summed E-state index contributed by atoms with van der Waals surface area (Å²) in [5.41, 5.74) is 0.910. The number of aryl methyl sites for hydroxylation is 1. The van der Waals surface area contributed by atoms with Gasteiger partial charge in [0.2, 0.25) is 0 Å². The van der Waals surface area contributed by atoms with Crippen molar-refractivity contribution in [3.8, 4) is 5.75 Å². The predicted octanol–water partition coefficient (Wildman–Crippen LogP) is 2.99. The lowest BCUT2D eigenvalue weighted by Crippen LogP contribution is -2.51. The molecule has 2 aromatic rings. The number of benzene rings is 1. The zero-order valence-electron chi connectivity index (χ0n) is 13.0. The number of carbonyl (C=O) groups is 1. The molecule has 2 heterocycles. The highest BCUT2D eigenvalue weighted by atomic mass is 32.1. The van der Waals surface area contributed by atoms with E-state index in [0.29, 0.717) is 17.8 Å². The minimum absolute atomic E-state index is 0.0328. The first-order valence-corrected chi connectivity index (χ1v) is 8.46. The van der Waals surface area contributed by atoms with Gasteiger partial charge in [0, 0.05) is 31.2 Å². The molecule has 1 aromatic heterocycles. The fourth-order valence-corrected chi connectivity index (χ4v) is 3.63. The van der Waals surface area contributed by atoms with E-state index in [9.17, 15) is 18.7 Å². The second-order valence-corrected chi connectivity index (χ2v) is 6.72. The van der Waals surface area contributed by atoms with Gasteiger partial charge in [0.05, 0.1) is 11.4 Å². The number of ether oxygens (including phenoxy) is 1. The summed E-state index contributed by atoms with van der Waals surface area (Å²) in [5.74, 6) is -1.55. The maximum Gasteiger partial charge on any atom is 0.264 e. The lowest BCUT2D eigenvalue weighted by molar-refractivity contribution is -0.0199. The van der Waals surface area contributed by atoms with E-state index in [1.807, 2.05) is 18.4 Å². The molecule has 4 nitrogen and oxygen atoms in total. The van der Waals surface area contributed by atoms with Crippen molar-refractivity contribution in [1.29, 1.82) is 0 Å². The number of carbonyl (C=O) groups excluding carboxylic acids is 1. The van der Waals surface area contributed by atoms with Gasteiger partial charge in [-0.15, -0.1) is 11.3 Å². The maximum absolute atomic E-state index is 13.2. The molecule has 3 rings (SSSR count). The lowest BCUT2D eigenvalue weighted by Gasteiger charge is -2.35. The molecule has 1 aromatic carbocycles. The number of likely N-dealkylation sites (tertiary alicyclic amines) is 1. The van der Waals surface area contributed by atoms with Crippen LogP contribution in [0.2, 0.25) is 0 Å². The normalized spacial score (nSPS) is 20.9. The van der Waals surface area contributed by atoms with Crippen molar-refractivity contribution < 1.29 is 23.4 Å². The quantitative estimate of drug-likeness (QED) is 0.923. The molecule has 1 aliphatic rings. The van der Waals surface area contributed by atoms with Crippen molar-refractivity contribution in [2.45, 2.75) is 25.6 Å². The molecule has 7 heteroatoms. The van der Waals surface area contributed by atoms with Crippen LogP contribution in [-0.4, -0.2) is 41.2 Å². The van der Waals surface area contributed by atoms with Gasteiger partial charge in [-0.2, -0.15) is 0 Å². The van der Waals surface area contributed by atoms with E-state index in [0.717, 1.165) is 23.8 Å². The summed E-state index contributed by atoms with van der Waals surface area (Å²) in [4.78, 5) is 14.7. The van der Waals surface area contributed by atoms with Crippen LogP contribution >= 0.6 is 11.3 Å². The Morgan fingerprint density at radius 2 is 2.04 bits per heavy atom. The van der Waals surface area contributed by atoms with Crippen molar-refractivity contribution in [1.82, 2.24) is 4.90 Å². The van der Waals surface area contributed by atoms with Crippen LogP contribution in [0.4, 0.5) is 8.78 Å². The Kier molecular flexibility index (Phi) is 4.82. The molecule has 2 atom stereocenters. The third-order valence-corrected chi connectivity index (χ3v) is 4.99. The third-order valence-electron chi connectivity index (χ3n) is 3.99. The molecule has 1 saturated heterocycles. The summed E-state index contributed by atoms with van der Waals surface area (Å²) in [6.45, 7) is 2.41. The SMILES string of the molecule is Cc1ccsc1C(=O)N1CC[C@@H](Oc2cc(F)cc(F)c2)[C@H](O)C1. The highest BCUT2D eigenvalue weighted by molar-refractivity contribution is 7.12. The van der Waals surface area contributed by atoms with Crippen LogP contribution < -0.4 is 4.74 Å². The van der Waals surface area contributed by atoms with Crippen LogP contribution in [0, 0.1) is 18.6 Å². The zero-order valence-corrected chi connectivity index (χ0v) is 13.9. The van der Waals surface area contributed by atoms with Crippen LogP contribution in [0.15, 0.2) is 29.6 Å². The molecular weight excluding hydrogens is 336 g/mol. The van der Waals surface area contributed by atoms with E-state index in [1.165, 1.54) is 11.3 Å². The summed E-state index contributed by atoms with van der Waals surface area (Å²) in [5, 5.41) is 12.1. The number of amides is 1. The molecule has 128 valence electrons. The van der Waals surface area contributed by atoms with Crippen molar-refractivity contribution in [3.63, 3.8) is 0 Å². The van der Waals surface area contributed by atoms with Crippen molar-refractivity contribution in [3.05, 3.63) is 51.7 Å². The highest BCUT2D eigenvalue weighted by Gasteiger charge is 2.32. The van der Waals surface area contributed by atoms with Gasteiger partial charge in [-0.3, -0.25) is 4.79 Å². The van der Waals surface area contributed by atoms with E-state index < -0.39 is 23.8 Å². The average Bonchev–Trinajstić information content (AvgIpc) is 2.93.